The van der Waals surface area contributed by atoms with E-state index in [1.54, 1.807) is 15.5 Å². The third-order valence-electron chi connectivity index (χ3n) is 6.63. The molecule has 0 saturated carbocycles. The average molecular weight is 517 g/mol. The van der Waals surface area contributed by atoms with Gasteiger partial charge in [0.1, 0.15) is 17.5 Å². The van der Waals surface area contributed by atoms with Gasteiger partial charge in [0.05, 0.1) is 10.5 Å². The Kier molecular flexibility index (Phi) is 6.09. The molecule has 1 amide bonds. The first-order valence-electron chi connectivity index (χ1n) is 11.3. The highest BCUT2D eigenvalue weighted by Crippen LogP contribution is 2.46. The number of carbonyl (C=O) groups is 1. The fraction of sp³-hybridized carbons (Fsp3) is 0.320. The Labute approximate surface area is 210 Å². The van der Waals surface area contributed by atoms with Crippen LogP contribution in [0.5, 0.6) is 0 Å². The Hall–Kier alpha value is -2.91. The van der Waals surface area contributed by atoms with E-state index in [4.69, 9.17) is 11.6 Å². The number of nitrogens with zero attached hydrogens (tertiary/aromatic N) is 4. The molecule has 2 aromatic carbocycles. The molecule has 10 heteroatoms. The molecule has 1 fully saturated rings. The third-order valence-corrected chi connectivity index (χ3v) is 8.00. The zero-order valence-corrected chi connectivity index (χ0v) is 20.8. The number of piperazine rings is 1. The van der Waals surface area contributed by atoms with Gasteiger partial charge in [-0.05, 0) is 38.1 Å². The number of benzene rings is 2. The number of hydrogen-bond donors (Lipinski definition) is 0. The van der Waals surface area contributed by atoms with Gasteiger partial charge in [-0.25, -0.2) is 13.6 Å². The molecule has 0 N–H and O–H groups in total. The number of hydrogen-bond acceptors (Lipinski definition) is 5. The van der Waals surface area contributed by atoms with E-state index in [9.17, 15) is 18.4 Å². The van der Waals surface area contributed by atoms with E-state index in [1.807, 2.05) is 18.7 Å². The van der Waals surface area contributed by atoms with E-state index >= 15 is 0 Å². The first-order valence-corrected chi connectivity index (χ1v) is 12.6. The van der Waals surface area contributed by atoms with Crippen molar-refractivity contribution in [3.63, 3.8) is 0 Å². The van der Waals surface area contributed by atoms with Crippen LogP contribution < -0.4 is 10.6 Å². The van der Waals surface area contributed by atoms with Gasteiger partial charge in [-0.3, -0.25) is 9.36 Å². The largest absolute Gasteiger partial charge is 0.350 e. The summed E-state index contributed by atoms with van der Waals surface area (Å²) in [5.41, 5.74) is 0.864. The van der Waals surface area contributed by atoms with Crippen molar-refractivity contribution in [2.45, 2.75) is 37.4 Å². The lowest BCUT2D eigenvalue weighted by atomic mass is 10.0. The molecule has 3 heterocycles. The number of thioether (sulfide) groups is 1. The molecule has 182 valence electrons. The van der Waals surface area contributed by atoms with Gasteiger partial charge in [-0.15, -0.1) is 11.8 Å². The Morgan fingerprint density at radius 3 is 2.71 bits per heavy atom. The Balaban J connectivity index is 1.72. The molecule has 0 unspecified atom stereocenters. The van der Waals surface area contributed by atoms with Gasteiger partial charge >= 0.3 is 5.69 Å². The lowest BCUT2D eigenvalue weighted by molar-refractivity contribution is -0.128. The van der Waals surface area contributed by atoms with Crippen molar-refractivity contribution in [2.75, 3.05) is 23.7 Å². The lowest BCUT2D eigenvalue weighted by Crippen LogP contribution is -2.58. The maximum absolute atomic E-state index is 14.8. The molecule has 0 bridgehead atoms. The van der Waals surface area contributed by atoms with E-state index < -0.39 is 17.3 Å². The summed E-state index contributed by atoms with van der Waals surface area (Å²) in [5, 5.41) is 0.979. The number of anilines is 1. The minimum atomic E-state index is -0.720. The van der Waals surface area contributed by atoms with Crippen molar-refractivity contribution >= 4 is 46.0 Å². The van der Waals surface area contributed by atoms with Crippen molar-refractivity contribution in [3.8, 4) is 11.1 Å². The fourth-order valence-electron chi connectivity index (χ4n) is 4.96. The van der Waals surface area contributed by atoms with Crippen molar-refractivity contribution < 1.29 is 13.6 Å². The quantitative estimate of drug-likeness (QED) is 0.472. The van der Waals surface area contributed by atoms with Crippen molar-refractivity contribution in [1.29, 1.82) is 0 Å². The Morgan fingerprint density at radius 2 is 2.00 bits per heavy atom. The molecule has 0 radical (unpaired) electrons. The van der Waals surface area contributed by atoms with Crippen LogP contribution in [0.2, 0.25) is 5.02 Å². The maximum atomic E-state index is 14.8. The van der Waals surface area contributed by atoms with Crippen LogP contribution in [0.3, 0.4) is 0 Å². The monoisotopic (exact) mass is 516 g/mol. The van der Waals surface area contributed by atoms with E-state index in [-0.39, 0.29) is 23.6 Å². The van der Waals surface area contributed by atoms with Gasteiger partial charge in [-0.1, -0.05) is 18.2 Å². The molecule has 0 spiro atoms. The highest BCUT2D eigenvalue weighted by atomic mass is 35.5. The Bertz CT molecular complexity index is 1440. The second kappa shape index (κ2) is 8.95. The molecular weight excluding hydrogens is 494 g/mol. The highest BCUT2D eigenvalue weighted by molar-refractivity contribution is 7.99. The first-order chi connectivity index (χ1) is 16.7. The van der Waals surface area contributed by atoms with Gasteiger partial charge in [0, 0.05) is 64.9 Å². The zero-order chi connectivity index (χ0) is 25.0. The van der Waals surface area contributed by atoms with Gasteiger partial charge in [0.15, 0.2) is 0 Å². The highest BCUT2D eigenvalue weighted by Gasteiger charge is 2.34. The number of halogens is 3. The first kappa shape index (κ1) is 23.8. The summed E-state index contributed by atoms with van der Waals surface area (Å²) in [7, 11) is 0. The Morgan fingerprint density at radius 1 is 1.23 bits per heavy atom. The summed E-state index contributed by atoms with van der Waals surface area (Å²) in [5.74, 6) is -0.454. The van der Waals surface area contributed by atoms with Gasteiger partial charge in [0.25, 0.3) is 0 Å². The van der Waals surface area contributed by atoms with Crippen LogP contribution in [0.25, 0.3) is 22.0 Å². The molecule has 0 aliphatic carbocycles. The van der Waals surface area contributed by atoms with Crippen LogP contribution in [0, 0.1) is 11.6 Å². The topological polar surface area (TPSA) is 58.4 Å². The van der Waals surface area contributed by atoms with Crippen molar-refractivity contribution in [3.05, 3.63) is 64.1 Å². The summed E-state index contributed by atoms with van der Waals surface area (Å²) in [6.45, 7) is 8.88. The molecule has 3 aromatic rings. The smallest absolute Gasteiger partial charge is 0.349 e. The van der Waals surface area contributed by atoms with Crippen LogP contribution in [-0.2, 0) is 11.3 Å². The summed E-state index contributed by atoms with van der Waals surface area (Å²) in [4.78, 5) is 34.3. The minimum absolute atomic E-state index is 0.118. The number of rotatable bonds is 3. The number of carbonyl (C=O) groups excluding carboxylic acids is 1. The van der Waals surface area contributed by atoms with Gasteiger partial charge in [-0.2, -0.15) is 4.98 Å². The second-order valence-electron chi connectivity index (χ2n) is 8.85. The van der Waals surface area contributed by atoms with Crippen molar-refractivity contribution in [2.24, 2.45) is 0 Å². The molecule has 2 atom stereocenters. The molecule has 5 rings (SSSR count). The molecule has 1 saturated heterocycles. The zero-order valence-electron chi connectivity index (χ0n) is 19.2. The maximum Gasteiger partial charge on any atom is 0.350 e. The number of amides is 1. The average Bonchev–Trinajstić information content (AvgIpc) is 2.83. The van der Waals surface area contributed by atoms with Crippen LogP contribution in [-0.4, -0.2) is 51.3 Å². The normalized spacial score (nSPS) is 19.8. The van der Waals surface area contributed by atoms with Crippen LogP contribution in [0.15, 0.2) is 46.6 Å². The van der Waals surface area contributed by atoms with E-state index in [1.165, 1.54) is 30.0 Å². The molecule has 35 heavy (non-hydrogen) atoms. The van der Waals surface area contributed by atoms with E-state index in [0.717, 1.165) is 6.07 Å². The predicted molar refractivity (Wildman–Crippen MR) is 135 cm³/mol. The van der Waals surface area contributed by atoms with Crippen LogP contribution in [0.1, 0.15) is 13.8 Å². The number of aromatic nitrogens is 2. The molecular formula is C25H23ClF2N4O2S. The summed E-state index contributed by atoms with van der Waals surface area (Å²) >= 11 is 8.23. The second-order valence-corrected chi connectivity index (χ2v) is 10.4. The molecule has 2 aliphatic rings. The molecule has 1 aromatic heterocycles. The fourth-order valence-corrected chi connectivity index (χ4v) is 6.52. The molecule has 6 nitrogen and oxygen atoms in total. The minimum Gasteiger partial charge on any atom is -0.349 e. The van der Waals surface area contributed by atoms with Gasteiger partial charge < -0.3 is 9.80 Å². The van der Waals surface area contributed by atoms with Crippen LogP contribution in [0.4, 0.5) is 14.6 Å². The van der Waals surface area contributed by atoms with E-state index in [2.05, 4.69) is 11.6 Å². The predicted octanol–water partition coefficient (Wildman–Crippen LogP) is 4.71. The summed E-state index contributed by atoms with van der Waals surface area (Å²) < 4.78 is 30.0. The SMILES string of the molecule is C=CC(=O)N1C[C@H](C)N(c2nc(=O)n3c4c(c(-c5ccc(F)cc5F)c(Cl)cc24)SCC3)C[C@H]1C. The summed E-state index contributed by atoms with van der Waals surface area (Å²) in [6.07, 6.45) is 1.30. The lowest BCUT2D eigenvalue weighted by Gasteiger charge is -2.44. The molecule has 2 aliphatic heterocycles. The standard InChI is InChI=1S/C25H23ClF2N4O2S/c1-4-20(33)31-11-14(3)32(12-13(31)2)24-17-10-18(26)21(16-6-5-15(27)9-19(16)28)23-22(17)30(7-8-35-23)25(34)29-24/h4-6,9-10,13-14H,1,7-8,11-12H2,2-3H3/t13-,14+/m1/s1. The van der Waals surface area contributed by atoms with Gasteiger partial charge in [0.2, 0.25) is 5.91 Å². The van der Waals surface area contributed by atoms with Crippen molar-refractivity contribution in [1.82, 2.24) is 14.5 Å². The third kappa shape index (κ3) is 3.90. The van der Waals surface area contributed by atoms with E-state index in [0.29, 0.717) is 57.6 Å². The number of aryl methyl sites for hydroxylation is 1. The summed E-state index contributed by atoms with van der Waals surface area (Å²) in [6, 6.07) is 4.86. The van der Waals surface area contributed by atoms with Crippen LogP contribution >= 0.6 is 23.4 Å².